The summed E-state index contributed by atoms with van der Waals surface area (Å²) >= 11 is 9.39. The Morgan fingerprint density at radius 3 is 2.76 bits per heavy atom. The van der Waals surface area contributed by atoms with Gasteiger partial charge in [0.15, 0.2) is 0 Å². The third-order valence-electron chi connectivity index (χ3n) is 3.23. The van der Waals surface area contributed by atoms with Crippen LogP contribution in [0.1, 0.15) is 11.3 Å². The molecule has 3 rings (SSSR count). The number of fused-ring (bicyclic) bond motifs is 1. The highest BCUT2D eigenvalue weighted by molar-refractivity contribution is 9.10. The summed E-state index contributed by atoms with van der Waals surface area (Å²) in [4.78, 5) is 8.51. The SMILES string of the molecule is Cc1nc(Oc2ccc3ccccc3c2Br)ncc1CCl. The Bertz CT molecular complexity index is 807. The van der Waals surface area contributed by atoms with Gasteiger partial charge in [-0.25, -0.2) is 4.98 Å². The van der Waals surface area contributed by atoms with E-state index in [1.165, 1.54) is 0 Å². The fraction of sp³-hybridized carbons (Fsp3) is 0.125. The molecule has 0 N–H and O–H groups in total. The predicted octanol–water partition coefficient (Wildman–Crippen LogP) is 5.23. The van der Waals surface area contributed by atoms with Crippen molar-refractivity contribution >= 4 is 38.3 Å². The number of aromatic nitrogens is 2. The lowest BCUT2D eigenvalue weighted by atomic mass is 10.1. The van der Waals surface area contributed by atoms with E-state index in [2.05, 4.69) is 32.0 Å². The Morgan fingerprint density at radius 1 is 1.19 bits per heavy atom. The van der Waals surface area contributed by atoms with Gasteiger partial charge in [0, 0.05) is 17.5 Å². The number of rotatable bonds is 3. The summed E-state index contributed by atoms with van der Waals surface area (Å²) in [5, 5.41) is 2.23. The maximum Gasteiger partial charge on any atom is 0.322 e. The monoisotopic (exact) mass is 362 g/mol. The van der Waals surface area contributed by atoms with E-state index in [-0.39, 0.29) is 0 Å². The lowest BCUT2D eigenvalue weighted by Crippen LogP contribution is -1.97. The van der Waals surface area contributed by atoms with Crippen molar-refractivity contribution in [2.45, 2.75) is 12.8 Å². The van der Waals surface area contributed by atoms with Crippen LogP contribution in [0.2, 0.25) is 0 Å². The Hall–Kier alpha value is -1.65. The Morgan fingerprint density at radius 2 is 2.00 bits per heavy atom. The van der Waals surface area contributed by atoms with Crippen LogP contribution >= 0.6 is 27.5 Å². The maximum absolute atomic E-state index is 5.81. The lowest BCUT2D eigenvalue weighted by molar-refractivity contribution is 0.438. The summed E-state index contributed by atoms with van der Waals surface area (Å²) in [5.41, 5.74) is 1.73. The molecule has 0 atom stereocenters. The van der Waals surface area contributed by atoms with E-state index in [4.69, 9.17) is 16.3 Å². The van der Waals surface area contributed by atoms with Crippen molar-refractivity contribution in [2.75, 3.05) is 0 Å². The van der Waals surface area contributed by atoms with Crippen LogP contribution in [0.5, 0.6) is 11.8 Å². The molecule has 0 radical (unpaired) electrons. The molecule has 106 valence electrons. The molecule has 0 unspecified atom stereocenters. The number of aryl methyl sites for hydroxylation is 1. The van der Waals surface area contributed by atoms with Crippen LogP contribution in [-0.4, -0.2) is 9.97 Å². The third kappa shape index (κ3) is 2.87. The second-order valence-corrected chi connectivity index (χ2v) is 5.66. The molecular formula is C16H12BrClN2O. The number of nitrogens with zero attached hydrogens (tertiary/aromatic N) is 2. The molecule has 3 aromatic rings. The van der Waals surface area contributed by atoms with Crippen molar-refractivity contribution in [2.24, 2.45) is 0 Å². The summed E-state index contributed by atoms with van der Waals surface area (Å²) in [6.45, 7) is 1.89. The van der Waals surface area contributed by atoms with Gasteiger partial charge in [0.05, 0.1) is 10.4 Å². The van der Waals surface area contributed by atoms with Gasteiger partial charge in [-0.05, 0) is 39.7 Å². The normalized spacial score (nSPS) is 10.8. The lowest BCUT2D eigenvalue weighted by Gasteiger charge is -2.09. The first-order valence-corrected chi connectivity index (χ1v) is 7.75. The van der Waals surface area contributed by atoms with Crippen LogP contribution in [0.25, 0.3) is 10.8 Å². The molecule has 1 heterocycles. The van der Waals surface area contributed by atoms with Gasteiger partial charge < -0.3 is 4.74 Å². The van der Waals surface area contributed by atoms with Crippen LogP contribution in [0, 0.1) is 6.92 Å². The minimum atomic E-state index is 0.317. The average Bonchev–Trinajstić information content (AvgIpc) is 2.51. The number of hydrogen-bond acceptors (Lipinski definition) is 3. The minimum absolute atomic E-state index is 0.317. The minimum Gasteiger partial charge on any atom is -0.423 e. The average molecular weight is 364 g/mol. The summed E-state index contributed by atoms with van der Waals surface area (Å²) in [6.07, 6.45) is 1.69. The highest BCUT2D eigenvalue weighted by atomic mass is 79.9. The van der Waals surface area contributed by atoms with E-state index in [0.717, 1.165) is 26.5 Å². The first-order chi connectivity index (χ1) is 10.2. The summed E-state index contributed by atoms with van der Waals surface area (Å²) in [5.74, 6) is 1.08. The highest BCUT2D eigenvalue weighted by Gasteiger charge is 2.09. The fourth-order valence-corrected chi connectivity index (χ4v) is 2.88. The van der Waals surface area contributed by atoms with Crippen LogP contribution in [-0.2, 0) is 5.88 Å². The quantitative estimate of drug-likeness (QED) is 0.597. The predicted molar refractivity (Wildman–Crippen MR) is 88.0 cm³/mol. The van der Waals surface area contributed by atoms with E-state index in [0.29, 0.717) is 17.6 Å². The van der Waals surface area contributed by atoms with E-state index < -0.39 is 0 Å². The second kappa shape index (κ2) is 6.00. The molecule has 5 heteroatoms. The van der Waals surface area contributed by atoms with Gasteiger partial charge in [-0.15, -0.1) is 11.6 Å². The van der Waals surface area contributed by atoms with Crippen molar-refractivity contribution in [3.05, 3.63) is 58.3 Å². The summed E-state index contributed by atoms with van der Waals surface area (Å²) < 4.78 is 6.68. The number of alkyl halides is 1. The number of hydrogen-bond donors (Lipinski definition) is 0. The number of benzene rings is 2. The van der Waals surface area contributed by atoms with Crippen molar-refractivity contribution in [1.29, 1.82) is 0 Å². The topological polar surface area (TPSA) is 35.0 Å². The molecule has 0 aliphatic heterocycles. The van der Waals surface area contributed by atoms with Crippen LogP contribution < -0.4 is 4.74 Å². The van der Waals surface area contributed by atoms with E-state index in [9.17, 15) is 0 Å². The Balaban J connectivity index is 1.98. The zero-order valence-electron chi connectivity index (χ0n) is 11.3. The third-order valence-corrected chi connectivity index (χ3v) is 4.34. The van der Waals surface area contributed by atoms with Gasteiger partial charge in [-0.3, -0.25) is 0 Å². The molecule has 0 aliphatic carbocycles. The molecule has 0 saturated carbocycles. The fourth-order valence-electron chi connectivity index (χ4n) is 2.04. The second-order valence-electron chi connectivity index (χ2n) is 4.60. The molecular weight excluding hydrogens is 352 g/mol. The first kappa shape index (κ1) is 14.3. The molecule has 3 nitrogen and oxygen atoms in total. The highest BCUT2D eigenvalue weighted by Crippen LogP contribution is 2.34. The molecule has 21 heavy (non-hydrogen) atoms. The molecule has 0 fully saturated rings. The van der Waals surface area contributed by atoms with E-state index in [1.54, 1.807) is 6.20 Å². The maximum atomic E-state index is 5.81. The van der Waals surface area contributed by atoms with Gasteiger partial charge in [-0.2, -0.15) is 4.98 Å². The molecule has 0 spiro atoms. The Labute approximate surface area is 136 Å². The van der Waals surface area contributed by atoms with Gasteiger partial charge in [0.1, 0.15) is 5.75 Å². The van der Waals surface area contributed by atoms with Crippen LogP contribution in [0.15, 0.2) is 47.1 Å². The van der Waals surface area contributed by atoms with E-state index >= 15 is 0 Å². The number of halogens is 2. The zero-order chi connectivity index (χ0) is 14.8. The Kier molecular flexibility index (Phi) is 4.08. The molecule has 0 bridgehead atoms. The number of ether oxygens (including phenoxy) is 1. The van der Waals surface area contributed by atoms with Gasteiger partial charge in [0.2, 0.25) is 0 Å². The van der Waals surface area contributed by atoms with E-state index in [1.807, 2.05) is 37.3 Å². The molecule has 1 aromatic heterocycles. The first-order valence-electron chi connectivity index (χ1n) is 6.42. The molecule has 2 aromatic carbocycles. The van der Waals surface area contributed by atoms with Gasteiger partial charge >= 0.3 is 6.01 Å². The van der Waals surface area contributed by atoms with Crippen molar-refractivity contribution < 1.29 is 4.74 Å². The molecule has 0 amide bonds. The van der Waals surface area contributed by atoms with Crippen LogP contribution in [0.3, 0.4) is 0 Å². The summed E-state index contributed by atoms with van der Waals surface area (Å²) in [6, 6.07) is 12.3. The summed E-state index contributed by atoms with van der Waals surface area (Å²) in [7, 11) is 0. The van der Waals surface area contributed by atoms with Gasteiger partial charge in [-0.1, -0.05) is 30.3 Å². The smallest absolute Gasteiger partial charge is 0.322 e. The van der Waals surface area contributed by atoms with Crippen molar-refractivity contribution in [3.63, 3.8) is 0 Å². The molecule has 0 aliphatic rings. The van der Waals surface area contributed by atoms with Gasteiger partial charge in [0.25, 0.3) is 0 Å². The van der Waals surface area contributed by atoms with Crippen LogP contribution in [0.4, 0.5) is 0 Å². The molecule has 0 saturated heterocycles. The zero-order valence-corrected chi connectivity index (χ0v) is 13.6. The standard InChI is InChI=1S/C16H12BrClN2O/c1-10-12(8-18)9-19-16(20-10)21-14-7-6-11-4-2-3-5-13(11)15(14)17/h2-7,9H,8H2,1H3. The largest absolute Gasteiger partial charge is 0.423 e. The van der Waals surface area contributed by atoms with Crippen molar-refractivity contribution in [1.82, 2.24) is 9.97 Å². The van der Waals surface area contributed by atoms with Crippen molar-refractivity contribution in [3.8, 4) is 11.8 Å².